The van der Waals surface area contributed by atoms with Crippen molar-refractivity contribution < 1.29 is 17.5 Å². The Morgan fingerprint density at radius 2 is 2.11 bits per heavy atom. The molecule has 18 heavy (non-hydrogen) atoms. The van der Waals surface area contributed by atoms with Crippen molar-refractivity contribution >= 4 is 35.7 Å². The third-order valence-corrected chi connectivity index (χ3v) is 4.15. The topological polar surface area (TPSA) is 43.4 Å². The minimum absolute atomic E-state index is 0.234. The molecule has 1 aliphatic rings. The van der Waals surface area contributed by atoms with Crippen molar-refractivity contribution in [3.8, 4) is 5.75 Å². The van der Waals surface area contributed by atoms with E-state index < -0.39 is 20.6 Å². The molecule has 0 atom stereocenters. The van der Waals surface area contributed by atoms with Crippen LogP contribution in [0.15, 0.2) is 16.6 Å². The Labute approximate surface area is 118 Å². The Morgan fingerprint density at radius 3 is 2.67 bits per heavy atom. The molecule has 1 aliphatic carbocycles. The van der Waals surface area contributed by atoms with E-state index in [4.69, 9.17) is 15.4 Å². The standard InChI is InChI=1S/C11H11BrClFO3S/c12-10-4-9(14)3-8(6-18(13,15)16)11(10)17-5-7-1-2-7/h3-4,7H,1-2,5-6H2. The average molecular weight is 358 g/mol. The molecule has 7 heteroatoms. The van der Waals surface area contributed by atoms with Gasteiger partial charge in [-0.2, -0.15) is 0 Å². The van der Waals surface area contributed by atoms with Crippen LogP contribution in [0, 0.1) is 11.7 Å². The van der Waals surface area contributed by atoms with Gasteiger partial charge in [-0.25, -0.2) is 12.8 Å². The number of benzene rings is 1. The van der Waals surface area contributed by atoms with Gasteiger partial charge >= 0.3 is 0 Å². The summed E-state index contributed by atoms with van der Waals surface area (Å²) in [6.07, 6.45) is 2.23. The molecule has 0 saturated heterocycles. The van der Waals surface area contributed by atoms with Crippen molar-refractivity contribution in [2.45, 2.75) is 18.6 Å². The monoisotopic (exact) mass is 356 g/mol. The summed E-state index contributed by atoms with van der Waals surface area (Å²) in [4.78, 5) is 0. The molecule has 0 amide bonds. The van der Waals surface area contributed by atoms with Gasteiger partial charge in [0, 0.05) is 16.2 Å². The predicted molar refractivity (Wildman–Crippen MR) is 70.8 cm³/mol. The second kappa shape index (κ2) is 5.35. The largest absolute Gasteiger partial charge is 0.492 e. The summed E-state index contributed by atoms with van der Waals surface area (Å²) in [5.74, 6) is -0.115. The third kappa shape index (κ3) is 4.10. The van der Waals surface area contributed by atoms with E-state index in [1.54, 1.807) is 0 Å². The quantitative estimate of drug-likeness (QED) is 0.758. The van der Waals surface area contributed by atoms with Crippen molar-refractivity contribution in [1.29, 1.82) is 0 Å². The first kappa shape index (κ1) is 14.1. The van der Waals surface area contributed by atoms with Crippen molar-refractivity contribution in [1.82, 2.24) is 0 Å². The van der Waals surface area contributed by atoms with Crippen LogP contribution >= 0.6 is 26.6 Å². The molecule has 3 nitrogen and oxygen atoms in total. The van der Waals surface area contributed by atoms with E-state index in [1.165, 1.54) is 6.07 Å². The fourth-order valence-electron chi connectivity index (χ4n) is 1.55. The van der Waals surface area contributed by atoms with Gasteiger partial charge in [-0.3, -0.25) is 0 Å². The van der Waals surface area contributed by atoms with Gasteiger partial charge < -0.3 is 4.74 Å². The van der Waals surface area contributed by atoms with Crippen molar-refractivity contribution in [2.24, 2.45) is 5.92 Å². The zero-order valence-corrected chi connectivity index (χ0v) is 12.5. The number of ether oxygens (including phenoxy) is 1. The lowest BCUT2D eigenvalue weighted by Crippen LogP contribution is -2.05. The van der Waals surface area contributed by atoms with Gasteiger partial charge in [0.05, 0.1) is 16.8 Å². The molecule has 100 valence electrons. The Kier molecular flexibility index (Phi) is 4.18. The Hall–Kier alpha value is -0.330. The molecule has 1 fully saturated rings. The normalized spacial score (nSPS) is 15.7. The van der Waals surface area contributed by atoms with Crippen LogP contribution in [0.3, 0.4) is 0 Å². The van der Waals surface area contributed by atoms with Crippen LogP contribution < -0.4 is 4.74 Å². The summed E-state index contributed by atoms with van der Waals surface area (Å²) in [6.45, 7) is 0.513. The van der Waals surface area contributed by atoms with Crippen molar-refractivity contribution in [3.05, 3.63) is 28.0 Å². The molecule has 0 aromatic heterocycles. The number of halogens is 3. The third-order valence-electron chi connectivity index (χ3n) is 2.57. The number of hydrogen-bond donors (Lipinski definition) is 0. The highest BCUT2D eigenvalue weighted by molar-refractivity contribution is 9.10. The molecule has 0 N–H and O–H groups in total. The van der Waals surface area contributed by atoms with E-state index in [-0.39, 0.29) is 5.56 Å². The van der Waals surface area contributed by atoms with E-state index in [2.05, 4.69) is 15.9 Å². The maximum atomic E-state index is 13.3. The Morgan fingerprint density at radius 1 is 1.44 bits per heavy atom. The lowest BCUT2D eigenvalue weighted by molar-refractivity contribution is 0.295. The van der Waals surface area contributed by atoms with Crippen LogP contribution in [0.4, 0.5) is 4.39 Å². The second-order valence-electron chi connectivity index (χ2n) is 4.31. The molecular formula is C11H11BrClFO3S. The molecule has 0 spiro atoms. The minimum Gasteiger partial charge on any atom is -0.492 e. The van der Waals surface area contributed by atoms with Crippen LogP contribution in [0.25, 0.3) is 0 Å². The van der Waals surface area contributed by atoms with Gasteiger partial charge in [-0.15, -0.1) is 0 Å². The maximum Gasteiger partial charge on any atom is 0.236 e. The first-order valence-electron chi connectivity index (χ1n) is 5.38. The molecule has 1 aromatic carbocycles. The molecule has 0 bridgehead atoms. The summed E-state index contributed by atoms with van der Waals surface area (Å²) in [7, 11) is 1.45. The molecule has 1 aromatic rings. The van der Waals surface area contributed by atoms with Crippen LogP contribution in [-0.4, -0.2) is 15.0 Å². The van der Waals surface area contributed by atoms with E-state index in [1.807, 2.05) is 0 Å². The summed E-state index contributed by atoms with van der Waals surface area (Å²) >= 11 is 3.17. The molecular weight excluding hydrogens is 347 g/mol. The lowest BCUT2D eigenvalue weighted by atomic mass is 10.2. The number of rotatable bonds is 5. The van der Waals surface area contributed by atoms with Crippen LogP contribution in [0.2, 0.25) is 0 Å². The second-order valence-corrected chi connectivity index (χ2v) is 7.94. The fraction of sp³-hybridized carbons (Fsp3) is 0.455. The smallest absolute Gasteiger partial charge is 0.236 e. The summed E-state index contributed by atoms with van der Waals surface area (Å²) in [6, 6.07) is 2.37. The SMILES string of the molecule is O=S(=O)(Cl)Cc1cc(F)cc(Br)c1OCC1CC1. The molecule has 0 unspecified atom stereocenters. The van der Waals surface area contributed by atoms with E-state index in [0.29, 0.717) is 22.7 Å². The van der Waals surface area contributed by atoms with Crippen LogP contribution in [0.5, 0.6) is 5.75 Å². The lowest BCUT2D eigenvalue weighted by Gasteiger charge is -2.12. The molecule has 0 aliphatic heterocycles. The Bertz CT molecular complexity index is 558. The molecule has 1 saturated carbocycles. The van der Waals surface area contributed by atoms with Gasteiger partial charge in [0.25, 0.3) is 0 Å². The predicted octanol–water partition coefficient (Wildman–Crippen LogP) is 3.45. The van der Waals surface area contributed by atoms with E-state index in [0.717, 1.165) is 18.9 Å². The highest BCUT2D eigenvalue weighted by Crippen LogP contribution is 2.35. The van der Waals surface area contributed by atoms with Crippen molar-refractivity contribution in [3.63, 3.8) is 0 Å². The molecule has 0 heterocycles. The van der Waals surface area contributed by atoms with Gasteiger partial charge in [0.1, 0.15) is 11.6 Å². The van der Waals surface area contributed by atoms with Crippen LogP contribution in [0.1, 0.15) is 18.4 Å². The number of hydrogen-bond acceptors (Lipinski definition) is 3. The van der Waals surface area contributed by atoms with Gasteiger partial charge in [0.15, 0.2) is 0 Å². The fourth-order valence-corrected chi connectivity index (χ4v) is 3.08. The van der Waals surface area contributed by atoms with E-state index >= 15 is 0 Å². The molecule has 0 radical (unpaired) electrons. The van der Waals surface area contributed by atoms with Gasteiger partial charge in [0.2, 0.25) is 9.05 Å². The van der Waals surface area contributed by atoms with Gasteiger partial charge in [-0.1, -0.05) is 0 Å². The van der Waals surface area contributed by atoms with Crippen LogP contribution in [-0.2, 0) is 14.8 Å². The zero-order chi connectivity index (χ0) is 13.3. The zero-order valence-electron chi connectivity index (χ0n) is 9.33. The highest BCUT2D eigenvalue weighted by atomic mass is 79.9. The summed E-state index contributed by atoms with van der Waals surface area (Å²) in [5.41, 5.74) is 0.234. The van der Waals surface area contributed by atoms with E-state index in [9.17, 15) is 12.8 Å². The average Bonchev–Trinajstić information content (AvgIpc) is 2.97. The molecule has 2 rings (SSSR count). The minimum atomic E-state index is -3.75. The maximum absolute atomic E-state index is 13.3. The Balaban J connectivity index is 2.27. The summed E-state index contributed by atoms with van der Waals surface area (Å²) < 4.78 is 41.4. The van der Waals surface area contributed by atoms with Gasteiger partial charge in [-0.05, 0) is 46.8 Å². The van der Waals surface area contributed by atoms with Crippen molar-refractivity contribution in [2.75, 3.05) is 6.61 Å². The summed E-state index contributed by atoms with van der Waals surface area (Å²) in [5, 5.41) is 0. The first-order chi connectivity index (χ1) is 8.35. The first-order valence-corrected chi connectivity index (χ1v) is 8.65. The highest BCUT2D eigenvalue weighted by Gasteiger charge is 2.24.